The van der Waals surface area contributed by atoms with Gasteiger partial charge < -0.3 is 4.90 Å². The first-order valence-electron chi connectivity index (χ1n) is 6.08. The van der Waals surface area contributed by atoms with Gasteiger partial charge in [0.25, 0.3) is 0 Å². The SMILES string of the molecule is CCCC(CBr)CN1CCC(CC)C1. The number of hydrogen-bond acceptors (Lipinski definition) is 1. The van der Waals surface area contributed by atoms with Crippen molar-refractivity contribution in [3.05, 3.63) is 0 Å². The summed E-state index contributed by atoms with van der Waals surface area (Å²) in [7, 11) is 0. The average Bonchev–Trinajstić information content (AvgIpc) is 2.65. The molecule has 0 aliphatic carbocycles. The van der Waals surface area contributed by atoms with E-state index in [1.807, 2.05) is 0 Å². The maximum atomic E-state index is 3.63. The van der Waals surface area contributed by atoms with Crippen LogP contribution in [0.15, 0.2) is 0 Å². The quantitative estimate of drug-likeness (QED) is 0.662. The zero-order valence-corrected chi connectivity index (χ0v) is 11.2. The Kier molecular flexibility index (Phi) is 6.11. The van der Waals surface area contributed by atoms with Crippen molar-refractivity contribution < 1.29 is 0 Å². The van der Waals surface area contributed by atoms with Crippen LogP contribution in [0, 0.1) is 11.8 Å². The predicted octanol–water partition coefficient (Wildman–Crippen LogP) is 3.53. The van der Waals surface area contributed by atoms with Crippen LogP contribution < -0.4 is 0 Å². The highest BCUT2D eigenvalue weighted by Crippen LogP contribution is 2.21. The molecule has 0 N–H and O–H groups in total. The van der Waals surface area contributed by atoms with Crippen LogP contribution in [-0.2, 0) is 0 Å². The second-order valence-electron chi connectivity index (χ2n) is 4.63. The molecule has 0 amide bonds. The Hall–Kier alpha value is 0.440. The van der Waals surface area contributed by atoms with E-state index in [2.05, 4.69) is 34.7 Å². The summed E-state index contributed by atoms with van der Waals surface area (Å²) in [6.45, 7) is 8.61. The second-order valence-corrected chi connectivity index (χ2v) is 5.28. The zero-order chi connectivity index (χ0) is 10.4. The summed E-state index contributed by atoms with van der Waals surface area (Å²) in [4.78, 5) is 2.66. The summed E-state index contributed by atoms with van der Waals surface area (Å²) in [5, 5.41) is 1.17. The lowest BCUT2D eigenvalue weighted by molar-refractivity contribution is 0.272. The number of hydrogen-bond donors (Lipinski definition) is 0. The van der Waals surface area contributed by atoms with Crippen molar-refractivity contribution in [2.24, 2.45) is 11.8 Å². The van der Waals surface area contributed by atoms with Gasteiger partial charge in [0.15, 0.2) is 0 Å². The standard InChI is InChI=1S/C12H24BrN/c1-3-5-12(8-13)10-14-7-6-11(4-2)9-14/h11-12H,3-10H2,1-2H3. The molecule has 2 unspecified atom stereocenters. The van der Waals surface area contributed by atoms with Crippen LogP contribution in [0.1, 0.15) is 39.5 Å². The highest BCUT2D eigenvalue weighted by molar-refractivity contribution is 9.09. The lowest BCUT2D eigenvalue weighted by atomic mass is 10.1. The third-order valence-corrected chi connectivity index (χ3v) is 4.29. The van der Waals surface area contributed by atoms with Gasteiger partial charge in [-0.1, -0.05) is 42.6 Å². The minimum Gasteiger partial charge on any atom is -0.303 e. The predicted molar refractivity (Wildman–Crippen MR) is 67.0 cm³/mol. The van der Waals surface area contributed by atoms with Crippen molar-refractivity contribution in [3.63, 3.8) is 0 Å². The van der Waals surface area contributed by atoms with Crippen LogP contribution in [0.2, 0.25) is 0 Å². The normalized spacial score (nSPS) is 25.5. The van der Waals surface area contributed by atoms with E-state index < -0.39 is 0 Å². The van der Waals surface area contributed by atoms with Crippen LogP contribution in [-0.4, -0.2) is 29.9 Å². The molecule has 0 bridgehead atoms. The minimum absolute atomic E-state index is 0.871. The van der Waals surface area contributed by atoms with Crippen LogP contribution in [0.25, 0.3) is 0 Å². The first-order valence-corrected chi connectivity index (χ1v) is 7.20. The van der Waals surface area contributed by atoms with Gasteiger partial charge in [-0.05, 0) is 31.2 Å². The van der Waals surface area contributed by atoms with E-state index in [1.54, 1.807) is 0 Å². The number of likely N-dealkylation sites (tertiary alicyclic amines) is 1. The molecule has 0 aromatic carbocycles. The zero-order valence-electron chi connectivity index (χ0n) is 9.64. The Bertz CT molecular complexity index is 149. The molecule has 1 aliphatic heterocycles. The third-order valence-electron chi connectivity index (χ3n) is 3.38. The smallest absolute Gasteiger partial charge is 0.00718 e. The summed E-state index contributed by atoms with van der Waals surface area (Å²) < 4.78 is 0. The highest BCUT2D eigenvalue weighted by atomic mass is 79.9. The van der Waals surface area contributed by atoms with Crippen LogP contribution >= 0.6 is 15.9 Å². The van der Waals surface area contributed by atoms with Crippen molar-refractivity contribution in [2.75, 3.05) is 25.0 Å². The average molecular weight is 262 g/mol. The van der Waals surface area contributed by atoms with Gasteiger partial charge in [-0.2, -0.15) is 0 Å². The summed E-state index contributed by atoms with van der Waals surface area (Å²) in [5.74, 6) is 1.85. The van der Waals surface area contributed by atoms with E-state index in [0.717, 1.165) is 11.8 Å². The Balaban J connectivity index is 2.22. The van der Waals surface area contributed by atoms with Crippen LogP contribution in [0.5, 0.6) is 0 Å². The number of nitrogens with zero attached hydrogens (tertiary/aromatic N) is 1. The number of halogens is 1. The fraction of sp³-hybridized carbons (Fsp3) is 1.00. The van der Waals surface area contributed by atoms with E-state index in [4.69, 9.17) is 0 Å². The van der Waals surface area contributed by atoms with Gasteiger partial charge in [-0.15, -0.1) is 0 Å². The van der Waals surface area contributed by atoms with Gasteiger partial charge in [-0.3, -0.25) is 0 Å². The number of alkyl halides is 1. The molecule has 84 valence electrons. The molecule has 14 heavy (non-hydrogen) atoms. The number of rotatable bonds is 6. The topological polar surface area (TPSA) is 3.24 Å². The molecular formula is C12H24BrN. The van der Waals surface area contributed by atoms with Crippen LogP contribution in [0.4, 0.5) is 0 Å². The lowest BCUT2D eigenvalue weighted by Gasteiger charge is -2.21. The van der Waals surface area contributed by atoms with Crippen molar-refractivity contribution in [3.8, 4) is 0 Å². The molecule has 1 aliphatic rings. The molecular weight excluding hydrogens is 238 g/mol. The first-order chi connectivity index (χ1) is 6.80. The van der Waals surface area contributed by atoms with E-state index in [1.165, 1.54) is 50.6 Å². The summed E-state index contributed by atoms with van der Waals surface area (Å²) in [5.41, 5.74) is 0. The molecule has 1 rings (SSSR count). The molecule has 0 aromatic rings. The molecule has 0 radical (unpaired) electrons. The summed E-state index contributed by atoms with van der Waals surface area (Å²) >= 11 is 3.63. The van der Waals surface area contributed by atoms with E-state index in [9.17, 15) is 0 Å². The molecule has 0 saturated carbocycles. The van der Waals surface area contributed by atoms with Gasteiger partial charge >= 0.3 is 0 Å². The molecule has 1 saturated heterocycles. The third kappa shape index (κ3) is 3.90. The second kappa shape index (κ2) is 6.84. The molecule has 1 nitrogen and oxygen atoms in total. The fourth-order valence-electron chi connectivity index (χ4n) is 2.40. The molecule has 1 heterocycles. The van der Waals surface area contributed by atoms with Gasteiger partial charge in [0.1, 0.15) is 0 Å². The van der Waals surface area contributed by atoms with Crippen LogP contribution in [0.3, 0.4) is 0 Å². The monoisotopic (exact) mass is 261 g/mol. The Morgan fingerprint density at radius 3 is 2.71 bits per heavy atom. The van der Waals surface area contributed by atoms with Crippen molar-refractivity contribution in [2.45, 2.75) is 39.5 Å². The molecule has 1 fully saturated rings. The highest BCUT2D eigenvalue weighted by Gasteiger charge is 2.22. The Morgan fingerprint density at radius 1 is 1.43 bits per heavy atom. The largest absolute Gasteiger partial charge is 0.303 e. The van der Waals surface area contributed by atoms with Gasteiger partial charge in [0, 0.05) is 18.4 Å². The maximum absolute atomic E-state index is 3.63. The van der Waals surface area contributed by atoms with E-state index in [0.29, 0.717) is 0 Å². The van der Waals surface area contributed by atoms with E-state index >= 15 is 0 Å². The molecule has 0 aromatic heterocycles. The van der Waals surface area contributed by atoms with Gasteiger partial charge in [0.2, 0.25) is 0 Å². The summed E-state index contributed by atoms with van der Waals surface area (Å²) in [6, 6.07) is 0. The molecule has 2 atom stereocenters. The van der Waals surface area contributed by atoms with Crippen molar-refractivity contribution in [1.82, 2.24) is 4.90 Å². The van der Waals surface area contributed by atoms with Crippen molar-refractivity contribution in [1.29, 1.82) is 0 Å². The van der Waals surface area contributed by atoms with E-state index in [-0.39, 0.29) is 0 Å². The Labute approximate surface area is 97.4 Å². The molecule has 2 heteroatoms. The first kappa shape index (κ1) is 12.5. The maximum Gasteiger partial charge on any atom is 0.00718 e. The lowest BCUT2D eigenvalue weighted by Crippen LogP contribution is -2.28. The van der Waals surface area contributed by atoms with Gasteiger partial charge in [0.05, 0.1) is 0 Å². The van der Waals surface area contributed by atoms with Crippen molar-refractivity contribution >= 4 is 15.9 Å². The summed E-state index contributed by atoms with van der Waals surface area (Å²) in [6.07, 6.45) is 5.49. The fourth-order valence-corrected chi connectivity index (χ4v) is 2.93. The Morgan fingerprint density at radius 2 is 2.21 bits per heavy atom. The molecule has 0 spiro atoms. The minimum atomic E-state index is 0.871. The van der Waals surface area contributed by atoms with Gasteiger partial charge in [-0.25, -0.2) is 0 Å².